The van der Waals surface area contributed by atoms with Gasteiger partial charge in [-0.3, -0.25) is 11.3 Å². The van der Waals surface area contributed by atoms with Crippen LogP contribution in [0.1, 0.15) is 38.2 Å². The number of hydrogen-bond donors (Lipinski definition) is 2. The van der Waals surface area contributed by atoms with E-state index in [2.05, 4.69) is 21.4 Å². The van der Waals surface area contributed by atoms with Crippen LogP contribution in [0.3, 0.4) is 0 Å². The van der Waals surface area contributed by atoms with Gasteiger partial charge in [0.1, 0.15) is 5.82 Å². The lowest BCUT2D eigenvalue weighted by atomic mass is 9.87. The molecule has 3 N–H and O–H groups in total. The molecule has 1 atom stereocenters. The van der Waals surface area contributed by atoms with Gasteiger partial charge < -0.3 is 4.74 Å². The van der Waals surface area contributed by atoms with Crippen LogP contribution in [-0.4, -0.2) is 18.2 Å². The summed E-state index contributed by atoms with van der Waals surface area (Å²) in [5, 5.41) is 0. The summed E-state index contributed by atoms with van der Waals surface area (Å²) >= 11 is 3.32. The van der Waals surface area contributed by atoms with Crippen molar-refractivity contribution in [2.75, 3.05) is 6.61 Å². The molecule has 0 radical (unpaired) electrons. The SMILES string of the molecule is CCOC1(C(Cc2cccc(F)c2Br)NN)CCCC1. The molecule has 0 spiro atoms. The zero-order valence-corrected chi connectivity index (χ0v) is 13.4. The number of hydrogen-bond acceptors (Lipinski definition) is 3. The zero-order chi connectivity index (χ0) is 14.6. The predicted molar refractivity (Wildman–Crippen MR) is 81.7 cm³/mol. The van der Waals surface area contributed by atoms with E-state index in [1.165, 1.54) is 6.07 Å². The molecule has 1 aliphatic rings. The highest BCUT2D eigenvalue weighted by Gasteiger charge is 2.41. The van der Waals surface area contributed by atoms with E-state index in [1.54, 1.807) is 6.07 Å². The standard InChI is InChI=1S/C15H22BrFN2O/c1-2-20-15(8-3-4-9-15)13(19-18)10-11-6-5-7-12(17)14(11)16/h5-7,13,19H,2-4,8-10,18H2,1H3. The van der Waals surface area contributed by atoms with Gasteiger partial charge in [0, 0.05) is 6.61 Å². The third-order valence-electron chi connectivity index (χ3n) is 4.17. The van der Waals surface area contributed by atoms with Gasteiger partial charge in [-0.1, -0.05) is 25.0 Å². The maximum absolute atomic E-state index is 13.6. The zero-order valence-electron chi connectivity index (χ0n) is 11.8. The first kappa shape index (κ1) is 15.9. The number of nitrogens with two attached hydrogens (primary N) is 1. The van der Waals surface area contributed by atoms with Gasteiger partial charge in [-0.05, 0) is 53.7 Å². The summed E-state index contributed by atoms with van der Waals surface area (Å²) in [5.41, 5.74) is 3.59. The maximum atomic E-state index is 13.6. The summed E-state index contributed by atoms with van der Waals surface area (Å²) in [5.74, 6) is 5.52. The fourth-order valence-electron chi connectivity index (χ4n) is 3.18. The second-order valence-electron chi connectivity index (χ2n) is 5.34. The van der Waals surface area contributed by atoms with Crippen molar-refractivity contribution in [3.05, 3.63) is 34.1 Å². The Kier molecular flexibility index (Phi) is 5.55. The van der Waals surface area contributed by atoms with Crippen LogP contribution in [-0.2, 0) is 11.2 Å². The van der Waals surface area contributed by atoms with E-state index < -0.39 is 0 Å². The van der Waals surface area contributed by atoms with Crippen LogP contribution < -0.4 is 11.3 Å². The lowest BCUT2D eigenvalue weighted by Gasteiger charge is -2.37. The fourth-order valence-corrected chi connectivity index (χ4v) is 3.60. The normalized spacial score (nSPS) is 19.2. The number of rotatable bonds is 6. The molecule has 3 nitrogen and oxygen atoms in total. The van der Waals surface area contributed by atoms with Crippen LogP contribution in [0.25, 0.3) is 0 Å². The largest absolute Gasteiger partial charge is 0.374 e. The molecule has 1 aliphatic carbocycles. The highest BCUT2D eigenvalue weighted by molar-refractivity contribution is 9.10. The van der Waals surface area contributed by atoms with Gasteiger partial charge in [0.15, 0.2) is 0 Å². The van der Waals surface area contributed by atoms with E-state index in [1.807, 2.05) is 13.0 Å². The van der Waals surface area contributed by atoms with Crippen molar-refractivity contribution in [1.82, 2.24) is 5.43 Å². The summed E-state index contributed by atoms with van der Waals surface area (Å²) in [4.78, 5) is 0. The van der Waals surface area contributed by atoms with Crippen molar-refractivity contribution in [2.24, 2.45) is 5.84 Å². The van der Waals surface area contributed by atoms with Crippen molar-refractivity contribution < 1.29 is 9.13 Å². The van der Waals surface area contributed by atoms with Gasteiger partial charge in [-0.25, -0.2) is 4.39 Å². The summed E-state index contributed by atoms with van der Waals surface area (Å²) in [6.45, 7) is 2.67. The maximum Gasteiger partial charge on any atom is 0.137 e. The average Bonchev–Trinajstić information content (AvgIpc) is 2.90. The highest BCUT2D eigenvalue weighted by atomic mass is 79.9. The molecule has 0 amide bonds. The minimum absolute atomic E-state index is 0.0111. The third kappa shape index (κ3) is 3.22. The second-order valence-corrected chi connectivity index (χ2v) is 6.13. The molecule has 112 valence electrons. The van der Waals surface area contributed by atoms with Crippen molar-refractivity contribution in [3.63, 3.8) is 0 Å². The van der Waals surface area contributed by atoms with E-state index in [0.717, 1.165) is 31.2 Å². The van der Waals surface area contributed by atoms with Gasteiger partial charge in [-0.15, -0.1) is 0 Å². The smallest absolute Gasteiger partial charge is 0.137 e. The first-order chi connectivity index (χ1) is 9.63. The Balaban J connectivity index is 2.21. The van der Waals surface area contributed by atoms with Gasteiger partial charge in [0.05, 0.1) is 16.1 Å². The Morgan fingerprint density at radius 2 is 2.15 bits per heavy atom. The molecule has 0 bridgehead atoms. The van der Waals surface area contributed by atoms with Gasteiger partial charge in [0.25, 0.3) is 0 Å². The molecule has 0 heterocycles. The molecule has 2 rings (SSSR count). The van der Waals surface area contributed by atoms with Crippen molar-refractivity contribution in [1.29, 1.82) is 0 Å². The number of nitrogens with one attached hydrogen (secondary N) is 1. The molecular weight excluding hydrogens is 323 g/mol. The molecule has 1 fully saturated rings. The number of hydrazine groups is 1. The number of benzene rings is 1. The van der Waals surface area contributed by atoms with Crippen LogP contribution in [0.2, 0.25) is 0 Å². The van der Waals surface area contributed by atoms with Gasteiger partial charge in [0.2, 0.25) is 0 Å². The Morgan fingerprint density at radius 3 is 2.75 bits per heavy atom. The third-order valence-corrected chi connectivity index (χ3v) is 5.06. The van der Waals surface area contributed by atoms with E-state index in [-0.39, 0.29) is 17.5 Å². The average molecular weight is 345 g/mol. The van der Waals surface area contributed by atoms with Crippen LogP contribution in [0.15, 0.2) is 22.7 Å². The molecule has 5 heteroatoms. The molecule has 1 unspecified atom stereocenters. The summed E-state index contributed by atoms with van der Waals surface area (Å²) in [6, 6.07) is 5.09. The van der Waals surface area contributed by atoms with Crippen molar-refractivity contribution >= 4 is 15.9 Å². The predicted octanol–water partition coefficient (Wildman–Crippen LogP) is 3.31. The Hall–Kier alpha value is -0.490. The lowest BCUT2D eigenvalue weighted by molar-refractivity contribution is -0.0613. The summed E-state index contributed by atoms with van der Waals surface area (Å²) < 4.78 is 20.2. The highest BCUT2D eigenvalue weighted by Crippen LogP contribution is 2.38. The van der Waals surface area contributed by atoms with Crippen molar-refractivity contribution in [2.45, 2.75) is 50.7 Å². The second kappa shape index (κ2) is 6.98. The molecule has 1 aromatic carbocycles. The van der Waals surface area contributed by atoms with Crippen LogP contribution in [0.4, 0.5) is 4.39 Å². The molecule has 0 aliphatic heterocycles. The minimum atomic E-state index is -0.241. The summed E-state index contributed by atoms with van der Waals surface area (Å²) in [7, 11) is 0. The lowest BCUT2D eigenvalue weighted by Crippen LogP contribution is -2.54. The molecule has 0 saturated heterocycles. The van der Waals surface area contributed by atoms with E-state index in [4.69, 9.17) is 10.6 Å². The van der Waals surface area contributed by atoms with Gasteiger partial charge >= 0.3 is 0 Å². The van der Waals surface area contributed by atoms with E-state index in [0.29, 0.717) is 17.5 Å². The molecule has 20 heavy (non-hydrogen) atoms. The number of halogens is 2. The molecule has 0 aromatic heterocycles. The molecular formula is C15H22BrFN2O. The van der Waals surface area contributed by atoms with Crippen molar-refractivity contribution in [3.8, 4) is 0 Å². The Morgan fingerprint density at radius 1 is 1.45 bits per heavy atom. The van der Waals surface area contributed by atoms with Crippen LogP contribution >= 0.6 is 15.9 Å². The van der Waals surface area contributed by atoms with Crippen LogP contribution in [0.5, 0.6) is 0 Å². The Bertz CT molecular complexity index is 449. The Labute approximate surface area is 128 Å². The topological polar surface area (TPSA) is 47.3 Å². The van der Waals surface area contributed by atoms with Gasteiger partial charge in [-0.2, -0.15) is 0 Å². The fraction of sp³-hybridized carbons (Fsp3) is 0.600. The quantitative estimate of drug-likeness (QED) is 0.614. The first-order valence-corrected chi connectivity index (χ1v) is 7.95. The van der Waals surface area contributed by atoms with E-state index in [9.17, 15) is 4.39 Å². The number of ether oxygens (including phenoxy) is 1. The minimum Gasteiger partial charge on any atom is -0.374 e. The van der Waals surface area contributed by atoms with Crippen LogP contribution in [0, 0.1) is 5.82 Å². The molecule has 1 aromatic rings. The molecule has 1 saturated carbocycles. The monoisotopic (exact) mass is 344 g/mol. The van der Waals surface area contributed by atoms with E-state index >= 15 is 0 Å². The first-order valence-electron chi connectivity index (χ1n) is 7.16. The summed E-state index contributed by atoms with van der Waals surface area (Å²) in [6.07, 6.45) is 4.96.